The first kappa shape index (κ1) is 14.5. The summed E-state index contributed by atoms with van der Waals surface area (Å²) in [7, 11) is 1.43. The Bertz CT molecular complexity index is 404. The molecule has 18 heavy (non-hydrogen) atoms. The van der Waals surface area contributed by atoms with Gasteiger partial charge in [0.1, 0.15) is 0 Å². The lowest BCUT2D eigenvalue weighted by molar-refractivity contribution is -0.135. The van der Waals surface area contributed by atoms with Crippen LogP contribution in [0.25, 0.3) is 5.57 Å². The zero-order valence-electron chi connectivity index (χ0n) is 11.5. The Morgan fingerprint density at radius 1 is 1.17 bits per heavy atom. The van der Waals surface area contributed by atoms with Gasteiger partial charge in [-0.25, -0.2) is 4.79 Å². The van der Waals surface area contributed by atoms with Gasteiger partial charge in [-0.05, 0) is 30.9 Å². The van der Waals surface area contributed by atoms with E-state index >= 15 is 0 Å². The van der Waals surface area contributed by atoms with Gasteiger partial charge in [0.05, 0.1) is 7.11 Å². The minimum Gasteiger partial charge on any atom is -0.466 e. The van der Waals surface area contributed by atoms with E-state index in [1.165, 1.54) is 20.0 Å². The van der Waals surface area contributed by atoms with Gasteiger partial charge in [-0.1, -0.05) is 50.1 Å². The van der Waals surface area contributed by atoms with E-state index in [0.29, 0.717) is 0 Å². The fraction of sp³-hybridized carbons (Fsp3) is 0.438. The Labute approximate surface area is 110 Å². The molecule has 1 aromatic carbocycles. The number of esters is 1. The average Bonchev–Trinajstić information content (AvgIpc) is 2.43. The zero-order chi connectivity index (χ0) is 13.4. The highest BCUT2D eigenvalue weighted by molar-refractivity contribution is 5.97. The first-order valence-electron chi connectivity index (χ1n) is 6.54. The van der Waals surface area contributed by atoms with Crippen molar-refractivity contribution in [3.8, 4) is 0 Å². The molecule has 0 unspecified atom stereocenters. The Kier molecular flexibility index (Phi) is 6.20. The number of unbranched alkanes of at least 4 members (excludes halogenated alkanes) is 2. The van der Waals surface area contributed by atoms with E-state index < -0.39 is 0 Å². The van der Waals surface area contributed by atoms with Gasteiger partial charge in [-0.3, -0.25) is 0 Å². The van der Waals surface area contributed by atoms with Crippen molar-refractivity contribution in [3.63, 3.8) is 0 Å². The molecule has 2 heteroatoms. The molecule has 2 nitrogen and oxygen atoms in total. The molecule has 0 aliphatic heterocycles. The van der Waals surface area contributed by atoms with Crippen LogP contribution in [-0.2, 0) is 9.53 Å². The molecule has 0 saturated heterocycles. The van der Waals surface area contributed by atoms with Crippen LogP contribution < -0.4 is 0 Å². The summed E-state index contributed by atoms with van der Waals surface area (Å²) in [5.41, 5.74) is 2.95. The third kappa shape index (κ3) is 4.02. The van der Waals surface area contributed by atoms with Crippen LogP contribution >= 0.6 is 0 Å². The van der Waals surface area contributed by atoms with E-state index in [9.17, 15) is 4.79 Å². The summed E-state index contributed by atoms with van der Waals surface area (Å²) < 4.78 is 4.82. The second kappa shape index (κ2) is 7.70. The first-order valence-corrected chi connectivity index (χ1v) is 6.54. The van der Waals surface area contributed by atoms with Crippen molar-refractivity contribution in [1.82, 2.24) is 0 Å². The van der Waals surface area contributed by atoms with Crippen molar-refractivity contribution in [2.45, 2.75) is 39.5 Å². The van der Waals surface area contributed by atoms with Crippen molar-refractivity contribution in [2.75, 3.05) is 7.11 Å². The fourth-order valence-electron chi connectivity index (χ4n) is 2.02. The first-order chi connectivity index (χ1) is 8.70. The molecular weight excluding hydrogens is 224 g/mol. The number of benzene rings is 1. The molecule has 0 radical (unpaired) electrons. The predicted octanol–water partition coefficient (Wildman–Crippen LogP) is 4.21. The van der Waals surface area contributed by atoms with Gasteiger partial charge in [0.2, 0.25) is 0 Å². The highest BCUT2D eigenvalue weighted by Crippen LogP contribution is 2.25. The van der Waals surface area contributed by atoms with E-state index in [1.807, 2.05) is 37.3 Å². The van der Waals surface area contributed by atoms with Crippen LogP contribution in [0.3, 0.4) is 0 Å². The number of allylic oxidation sites excluding steroid dienone is 1. The van der Waals surface area contributed by atoms with Crippen molar-refractivity contribution in [1.29, 1.82) is 0 Å². The molecule has 1 aromatic rings. The van der Waals surface area contributed by atoms with Crippen LogP contribution in [-0.4, -0.2) is 13.1 Å². The maximum absolute atomic E-state index is 11.7. The highest BCUT2D eigenvalue weighted by atomic mass is 16.5. The number of methoxy groups -OCH3 is 1. The van der Waals surface area contributed by atoms with Gasteiger partial charge in [0, 0.05) is 5.57 Å². The number of hydrogen-bond donors (Lipinski definition) is 0. The standard InChI is InChI=1S/C16H22O2/c1-4-5-7-12-15(13(2)16(17)18-3)14-10-8-6-9-11-14/h6,8-11H,4-5,7,12H2,1-3H3/b15-13+. The summed E-state index contributed by atoms with van der Waals surface area (Å²) in [6.07, 6.45) is 4.40. The third-order valence-electron chi connectivity index (χ3n) is 3.10. The molecular formula is C16H22O2. The Balaban J connectivity index is 2.99. The molecule has 0 fully saturated rings. The van der Waals surface area contributed by atoms with Crippen LogP contribution in [0.1, 0.15) is 45.1 Å². The summed E-state index contributed by atoms with van der Waals surface area (Å²) in [4.78, 5) is 11.7. The smallest absolute Gasteiger partial charge is 0.333 e. The minimum absolute atomic E-state index is 0.231. The minimum atomic E-state index is -0.231. The summed E-state index contributed by atoms with van der Waals surface area (Å²) >= 11 is 0. The average molecular weight is 246 g/mol. The zero-order valence-corrected chi connectivity index (χ0v) is 11.5. The summed E-state index contributed by atoms with van der Waals surface area (Å²) in [5.74, 6) is -0.231. The number of hydrogen-bond acceptors (Lipinski definition) is 2. The van der Waals surface area contributed by atoms with E-state index in [4.69, 9.17) is 4.74 Å². The molecule has 0 aliphatic rings. The fourth-order valence-corrected chi connectivity index (χ4v) is 2.02. The lowest BCUT2D eigenvalue weighted by Gasteiger charge is -2.11. The van der Waals surface area contributed by atoms with Crippen molar-refractivity contribution in [2.24, 2.45) is 0 Å². The number of carbonyl (C=O) groups is 1. The van der Waals surface area contributed by atoms with Gasteiger partial charge in [0.25, 0.3) is 0 Å². The van der Waals surface area contributed by atoms with Gasteiger partial charge < -0.3 is 4.74 Å². The SMILES string of the molecule is CCCCC/C(=C(/C)C(=O)OC)c1ccccc1. The molecule has 0 aliphatic carbocycles. The van der Waals surface area contributed by atoms with Crippen LogP contribution in [0.4, 0.5) is 0 Å². The molecule has 0 N–H and O–H groups in total. The summed E-state index contributed by atoms with van der Waals surface area (Å²) in [6, 6.07) is 10.1. The van der Waals surface area contributed by atoms with Gasteiger partial charge in [-0.2, -0.15) is 0 Å². The van der Waals surface area contributed by atoms with Gasteiger partial charge in [-0.15, -0.1) is 0 Å². The second-order valence-corrected chi connectivity index (χ2v) is 4.42. The highest BCUT2D eigenvalue weighted by Gasteiger charge is 2.12. The van der Waals surface area contributed by atoms with Crippen LogP contribution in [0.2, 0.25) is 0 Å². The van der Waals surface area contributed by atoms with Crippen LogP contribution in [0.5, 0.6) is 0 Å². The molecule has 0 heterocycles. The topological polar surface area (TPSA) is 26.3 Å². The number of ether oxygens (including phenoxy) is 1. The van der Waals surface area contributed by atoms with E-state index in [1.54, 1.807) is 0 Å². The molecule has 98 valence electrons. The molecule has 0 amide bonds. The van der Waals surface area contributed by atoms with Gasteiger partial charge >= 0.3 is 5.97 Å². The predicted molar refractivity (Wildman–Crippen MR) is 75.2 cm³/mol. The Hall–Kier alpha value is -1.57. The summed E-state index contributed by atoms with van der Waals surface area (Å²) in [6.45, 7) is 4.03. The molecule has 0 saturated carbocycles. The normalized spacial score (nSPS) is 11.9. The van der Waals surface area contributed by atoms with Crippen molar-refractivity contribution in [3.05, 3.63) is 41.5 Å². The van der Waals surface area contributed by atoms with Crippen molar-refractivity contribution >= 4 is 11.5 Å². The van der Waals surface area contributed by atoms with E-state index in [0.717, 1.165) is 29.6 Å². The Morgan fingerprint density at radius 2 is 1.83 bits per heavy atom. The van der Waals surface area contributed by atoms with Crippen LogP contribution in [0, 0.1) is 0 Å². The maximum atomic E-state index is 11.7. The van der Waals surface area contributed by atoms with Crippen molar-refractivity contribution < 1.29 is 9.53 Å². The molecule has 0 atom stereocenters. The Morgan fingerprint density at radius 3 is 2.39 bits per heavy atom. The third-order valence-corrected chi connectivity index (χ3v) is 3.10. The lowest BCUT2D eigenvalue weighted by Crippen LogP contribution is -2.05. The quantitative estimate of drug-likeness (QED) is 0.427. The van der Waals surface area contributed by atoms with Gasteiger partial charge in [0.15, 0.2) is 0 Å². The lowest BCUT2D eigenvalue weighted by atomic mass is 9.95. The monoisotopic (exact) mass is 246 g/mol. The molecule has 0 spiro atoms. The number of rotatable bonds is 6. The second-order valence-electron chi connectivity index (χ2n) is 4.42. The molecule has 0 aromatic heterocycles. The number of carbonyl (C=O) groups excluding carboxylic acids is 1. The van der Waals surface area contributed by atoms with Crippen LogP contribution in [0.15, 0.2) is 35.9 Å². The molecule has 1 rings (SSSR count). The largest absolute Gasteiger partial charge is 0.466 e. The van der Waals surface area contributed by atoms with E-state index in [2.05, 4.69) is 6.92 Å². The maximum Gasteiger partial charge on any atom is 0.333 e. The molecule has 0 bridgehead atoms. The van der Waals surface area contributed by atoms with E-state index in [-0.39, 0.29) is 5.97 Å². The summed E-state index contributed by atoms with van der Waals surface area (Å²) in [5, 5.41) is 0.